The lowest BCUT2D eigenvalue weighted by Crippen LogP contribution is -2.44. The molecule has 0 aliphatic carbocycles. The van der Waals surface area contributed by atoms with E-state index >= 15 is 0 Å². The average Bonchev–Trinajstić information content (AvgIpc) is 2.38. The van der Waals surface area contributed by atoms with Gasteiger partial charge in [0.15, 0.2) is 0 Å². The summed E-state index contributed by atoms with van der Waals surface area (Å²) >= 11 is 10.0. The third kappa shape index (κ3) is 4.14. The van der Waals surface area contributed by atoms with Gasteiger partial charge < -0.3 is 0 Å². The van der Waals surface area contributed by atoms with Gasteiger partial charge in [-0.2, -0.15) is 0 Å². The van der Waals surface area contributed by atoms with E-state index < -0.39 is 10.0 Å². The van der Waals surface area contributed by atoms with E-state index in [1.165, 1.54) is 18.2 Å². The molecule has 0 saturated heterocycles. The molecule has 0 radical (unpaired) electrons. The molecular formula is C11H15ClN4O2S2. The summed E-state index contributed by atoms with van der Waals surface area (Å²) in [5, 5.41) is 0.437. The summed E-state index contributed by atoms with van der Waals surface area (Å²) in [6.45, 7) is 5.39. The Morgan fingerprint density at radius 3 is 2.80 bits per heavy atom. The summed E-state index contributed by atoms with van der Waals surface area (Å²) in [5.41, 5.74) is 2.79. The number of halogens is 1. The number of nitrogens with zero attached hydrogens (tertiary/aromatic N) is 1. The van der Waals surface area contributed by atoms with Gasteiger partial charge >= 0.3 is 0 Å². The summed E-state index contributed by atoms with van der Waals surface area (Å²) in [6.07, 6.45) is 1.50. The second-order valence-electron chi connectivity index (χ2n) is 3.80. The fraction of sp³-hybridized carbons (Fsp3) is 0.182. The fourth-order valence-corrected chi connectivity index (χ4v) is 3.25. The lowest BCUT2D eigenvalue weighted by Gasteiger charge is -2.12. The molecule has 1 aromatic rings. The smallest absolute Gasteiger partial charge is 0.265 e. The second-order valence-corrected chi connectivity index (χ2v) is 6.34. The van der Waals surface area contributed by atoms with E-state index in [9.17, 15) is 8.42 Å². The SMILES string of the molecule is C=CCN=C(NN)NS(=O)(=O)c1cc(C)c(Cl)cc1S. The minimum Gasteiger partial charge on any atom is -0.294 e. The number of benzene rings is 1. The summed E-state index contributed by atoms with van der Waals surface area (Å²) in [4.78, 5) is 4.08. The van der Waals surface area contributed by atoms with E-state index in [2.05, 4.69) is 34.3 Å². The van der Waals surface area contributed by atoms with Gasteiger partial charge in [-0.15, -0.1) is 19.2 Å². The Morgan fingerprint density at radius 1 is 1.60 bits per heavy atom. The van der Waals surface area contributed by atoms with Gasteiger partial charge in [0.05, 0.1) is 6.54 Å². The van der Waals surface area contributed by atoms with Crippen LogP contribution in [0.25, 0.3) is 0 Å². The van der Waals surface area contributed by atoms with Crippen molar-refractivity contribution in [1.29, 1.82) is 0 Å². The molecule has 0 saturated carbocycles. The van der Waals surface area contributed by atoms with Gasteiger partial charge in [0.1, 0.15) is 4.90 Å². The first-order chi connectivity index (χ1) is 9.31. The Morgan fingerprint density at radius 2 is 2.25 bits per heavy atom. The van der Waals surface area contributed by atoms with Crippen molar-refractivity contribution in [3.8, 4) is 0 Å². The predicted molar refractivity (Wildman–Crippen MR) is 83.6 cm³/mol. The Balaban J connectivity index is 3.17. The Hall–Kier alpha value is -1.22. The maximum absolute atomic E-state index is 12.2. The standard InChI is InChI=1S/C11H15ClN4O2S2/c1-3-4-14-11(15-13)16-20(17,18)10-5-7(2)8(12)6-9(10)19/h3,5-6,19H,1,4,13H2,2H3,(H2,14,15,16). The van der Waals surface area contributed by atoms with Crippen molar-refractivity contribution in [2.24, 2.45) is 10.8 Å². The summed E-state index contributed by atoms with van der Waals surface area (Å²) in [6, 6.07) is 2.89. The van der Waals surface area contributed by atoms with Crippen molar-refractivity contribution >= 4 is 40.2 Å². The summed E-state index contributed by atoms with van der Waals surface area (Å²) in [5.74, 6) is 5.12. The summed E-state index contributed by atoms with van der Waals surface area (Å²) < 4.78 is 26.7. The van der Waals surface area contributed by atoms with Crippen LogP contribution in [0.1, 0.15) is 5.56 Å². The largest absolute Gasteiger partial charge is 0.294 e. The average molecular weight is 335 g/mol. The van der Waals surface area contributed by atoms with E-state index in [1.807, 2.05) is 0 Å². The number of rotatable bonds is 4. The highest BCUT2D eigenvalue weighted by Crippen LogP contribution is 2.26. The minimum atomic E-state index is -3.86. The minimum absolute atomic E-state index is 0.00992. The normalized spacial score (nSPS) is 12.1. The number of hydrogen-bond acceptors (Lipinski definition) is 5. The van der Waals surface area contributed by atoms with Crippen LogP contribution in [0.2, 0.25) is 5.02 Å². The molecule has 0 amide bonds. The number of sulfonamides is 1. The van der Waals surface area contributed by atoms with Gasteiger partial charge in [-0.1, -0.05) is 17.7 Å². The zero-order valence-corrected chi connectivity index (χ0v) is 13.2. The number of nitrogens with one attached hydrogen (secondary N) is 2. The van der Waals surface area contributed by atoms with Crippen molar-refractivity contribution < 1.29 is 8.42 Å². The Labute approximate surface area is 128 Å². The van der Waals surface area contributed by atoms with Gasteiger partial charge in [-0.3, -0.25) is 5.43 Å². The molecule has 0 spiro atoms. The molecule has 9 heteroatoms. The number of guanidine groups is 1. The number of hydrogen-bond donors (Lipinski definition) is 4. The number of thiol groups is 1. The van der Waals surface area contributed by atoms with E-state index in [1.54, 1.807) is 6.92 Å². The molecule has 0 aromatic heterocycles. The molecule has 4 N–H and O–H groups in total. The van der Waals surface area contributed by atoms with Gasteiger partial charge in [0.2, 0.25) is 5.96 Å². The highest BCUT2D eigenvalue weighted by atomic mass is 35.5. The lowest BCUT2D eigenvalue weighted by atomic mass is 10.2. The van der Waals surface area contributed by atoms with Crippen LogP contribution >= 0.6 is 24.2 Å². The van der Waals surface area contributed by atoms with Crippen LogP contribution in [0.5, 0.6) is 0 Å². The maximum Gasteiger partial charge on any atom is 0.265 e. The van der Waals surface area contributed by atoms with Crippen LogP contribution in [0, 0.1) is 6.92 Å². The third-order valence-electron chi connectivity index (χ3n) is 2.28. The van der Waals surface area contributed by atoms with Crippen molar-refractivity contribution in [3.05, 3.63) is 35.4 Å². The van der Waals surface area contributed by atoms with E-state index in [0.717, 1.165) is 0 Å². The number of aryl methyl sites for hydroxylation is 1. The van der Waals surface area contributed by atoms with Crippen LogP contribution in [0.3, 0.4) is 0 Å². The van der Waals surface area contributed by atoms with E-state index in [-0.39, 0.29) is 22.3 Å². The predicted octanol–water partition coefficient (Wildman–Crippen LogP) is 1.22. The van der Waals surface area contributed by atoms with Crippen molar-refractivity contribution in [2.45, 2.75) is 16.7 Å². The van der Waals surface area contributed by atoms with E-state index in [4.69, 9.17) is 17.4 Å². The zero-order valence-electron chi connectivity index (χ0n) is 10.7. The highest BCUT2D eigenvalue weighted by Gasteiger charge is 2.20. The monoisotopic (exact) mass is 334 g/mol. The molecule has 1 aromatic carbocycles. The van der Waals surface area contributed by atoms with Crippen LogP contribution < -0.4 is 16.0 Å². The zero-order chi connectivity index (χ0) is 15.3. The first-order valence-corrected chi connectivity index (χ1v) is 7.76. The molecule has 1 rings (SSSR count). The van der Waals surface area contributed by atoms with Gasteiger partial charge in [0.25, 0.3) is 10.0 Å². The molecule has 0 aliphatic heterocycles. The number of aliphatic imine (C=N–C) groups is 1. The molecule has 0 aliphatic rings. The number of nitrogens with two attached hydrogens (primary N) is 1. The molecule has 0 fully saturated rings. The molecule has 110 valence electrons. The van der Waals surface area contributed by atoms with Gasteiger partial charge in [0, 0.05) is 9.92 Å². The Bertz CT molecular complexity index is 644. The molecule has 20 heavy (non-hydrogen) atoms. The number of hydrazine groups is 1. The van der Waals surface area contributed by atoms with Crippen molar-refractivity contribution in [2.75, 3.05) is 6.54 Å². The molecule has 0 heterocycles. The first kappa shape index (κ1) is 16.8. The van der Waals surface area contributed by atoms with Crippen molar-refractivity contribution in [1.82, 2.24) is 10.1 Å². The molecular weight excluding hydrogens is 320 g/mol. The lowest BCUT2D eigenvalue weighted by molar-refractivity contribution is 0.589. The molecule has 0 atom stereocenters. The topological polar surface area (TPSA) is 96.6 Å². The molecule has 0 unspecified atom stereocenters. The summed E-state index contributed by atoms with van der Waals surface area (Å²) in [7, 11) is -3.86. The molecule has 6 nitrogen and oxygen atoms in total. The second kappa shape index (κ2) is 6.98. The van der Waals surface area contributed by atoms with Crippen LogP contribution in [-0.4, -0.2) is 20.9 Å². The van der Waals surface area contributed by atoms with Crippen molar-refractivity contribution in [3.63, 3.8) is 0 Å². The van der Waals surface area contributed by atoms with Gasteiger partial charge in [-0.25, -0.2) is 24.0 Å². The van der Waals surface area contributed by atoms with Crippen LogP contribution in [0.15, 0.2) is 39.6 Å². The third-order valence-corrected chi connectivity index (χ3v) is 4.58. The maximum atomic E-state index is 12.2. The quantitative estimate of drug-likeness (QED) is 0.166. The van der Waals surface area contributed by atoms with E-state index in [0.29, 0.717) is 10.6 Å². The highest BCUT2D eigenvalue weighted by molar-refractivity contribution is 7.91. The first-order valence-electron chi connectivity index (χ1n) is 5.45. The van der Waals surface area contributed by atoms with Crippen LogP contribution in [-0.2, 0) is 10.0 Å². The van der Waals surface area contributed by atoms with Crippen LogP contribution in [0.4, 0.5) is 0 Å². The Kier molecular flexibility index (Phi) is 5.88. The fourth-order valence-electron chi connectivity index (χ4n) is 1.31. The van der Waals surface area contributed by atoms with Gasteiger partial charge in [-0.05, 0) is 24.6 Å². The molecule has 0 bridgehead atoms.